The summed E-state index contributed by atoms with van der Waals surface area (Å²) in [5.74, 6) is 0.483. The number of non-ortho nitro benzene ring substituents is 1. The maximum atomic E-state index is 12.1. The van der Waals surface area contributed by atoms with Crippen molar-refractivity contribution in [3.8, 4) is 22.5 Å². The molecule has 0 aliphatic carbocycles. The fourth-order valence-electron chi connectivity index (χ4n) is 2.15. The van der Waals surface area contributed by atoms with Crippen molar-refractivity contribution in [1.82, 2.24) is 0 Å². The van der Waals surface area contributed by atoms with Crippen molar-refractivity contribution in [3.05, 3.63) is 87.3 Å². The Kier molecular flexibility index (Phi) is 3.53. The smallest absolute Gasteiger partial charge is 0.344 e. The Bertz CT molecular complexity index is 867. The molecule has 0 bridgehead atoms. The van der Waals surface area contributed by atoms with Crippen LogP contribution >= 0.6 is 0 Å². The Hall–Kier alpha value is -3.21. The lowest BCUT2D eigenvalue weighted by molar-refractivity contribution is -0.384. The lowest BCUT2D eigenvalue weighted by Crippen LogP contribution is -2.03. The molecule has 3 aromatic rings. The third-order valence-electron chi connectivity index (χ3n) is 3.27. The van der Waals surface area contributed by atoms with Gasteiger partial charge in [-0.15, -0.1) is 0 Å². The van der Waals surface area contributed by atoms with Crippen LogP contribution < -0.4 is 5.63 Å². The Balaban J connectivity index is 1.99. The first-order chi connectivity index (χ1) is 10.6. The highest BCUT2D eigenvalue weighted by Crippen LogP contribution is 2.23. The molecule has 2 aromatic carbocycles. The van der Waals surface area contributed by atoms with Crippen LogP contribution in [0.1, 0.15) is 0 Å². The lowest BCUT2D eigenvalue weighted by Gasteiger charge is -2.03. The maximum Gasteiger partial charge on any atom is 0.344 e. The summed E-state index contributed by atoms with van der Waals surface area (Å²) < 4.78 is 5.34. The van der Waals surface area contributed by atoms with Gasteiger partial charge in [-0.3, -0.25) is 10.1 Å². The third kappa shape index (κ3) is 2.64. The Morgan fingerprint density at radius 1 is 0.818 bits per heavy atom. The van der Waals surface area contributed by atoms with Gasteiger partial charge in [0.05, 0.1) is 10.5 Å². The average molecular weight is 293 g/mol. The molecule has 5 heteroatoms. The molecule has 0 radical (unpaired) electrons. The van der Waals surface area contributed by atoms with Crippen LogP contribution in [-0.2, 0) is 0 Å². The SMILES string of the molecule is O=c1oc(-c2ccccc2)ccc1-c1ccc([N+](=O)[O-])cc1. The molecule has 0 amide bonds. The van der Waals surface area contributed by atoms with E-state index < -0.39 is 10.5 Å². The van der Waals surface area contributed by atoms with E-state index in [0.29, 0.717) is 16.9 Å². The summed E-state index contributed by atoms with van der Waals surface area (Å²) in [6, 6.07) is 18.5. The van der Waals surface area contributed by atoms with Gasteiger partial charge in [0.2, 0.25) is 0 Å². The average Bonchev–Trinajstić information content (AvgIpc) is 2.56. The number of nitrogens with zero attached hydrogens (tertiary/aromatic N) is 1. The number of hydrogen-bond donors (Lipinski definition) is 0. The fraction of sp³-hybridized carbons (Fsp3) is 0. The molecule has 0 saturated heterocycles. The first kappa shape index (κ1) is 13.8. The molecule has 0 fully saturated rings. The van der Waals surface area contributed by atoms with Crippen molar-refractivity contribution < 1.29 is 9.34 Å². The molecule has 22 heavy (non-hydrogen) atoms. The van der Waals surface area contributed by atoms with Gasteiger partial charge in [0.25, 0.3) is 5.69 Å². The molecule has 0 unspecified atom stereocenters. The molecule has 0 saturated carbocycles. The molecule has 0 spiro atoms. The van der Waals surface area contributed by atoms with E-state index in [1.54, 1.807) is 12.1 Å². The van der Waals surface area contributed by atoms with Crippen molar-refractivity contribution in [2.24, 2.45) is 0 Å². The van der Waals surface area contributed by atoms with E-state index in [1.807, 2.05) is 30.3 Å². The first-order valence-corrected chi connectivity index (χ1v) is 6.59. The molecular formula is C17H11NO4. The highest BCUT2D eigenvalue weighted by molar-refractivity contribution is 5.66. The number of nitro groups is 1. The lowest BCUT2D eigenvalue weighted by atomic mass is 10.1. The van der Waals surface area contributed by atoms with Gasteiger partial charge in [-0.1, -0.05) is 30.3 Å². The summed E-state index contributed by atoms with van der Waals surface area (Å²) in [7, 11) is 0. The van der Waals surface area contributed by atoms with Gasteiger partial charge in [0.15, 0.2) is 0 Å². The largest absolute Gasteiger partial charge is 0.422 e. The van der Waals surface area contributed by atoms with Gasteiger partial charge >= 0.3 is 5.63 Å². The number of nitro benzene ring substituents is 1. The fourth-order valence-corrected chi connectivity index (χ4v) is 2.15. The van der Waals surface area contributed by atoms with Crippen LogP contribution in [0.3, 0.4) is 0 Å². The summed E-state index contributed by atoms with van der Waals surface area (Å²) >= 11 is 0. The zero-order valence-corrected chi connectivity index (χ0v) is 11.4. The Labute approximate surface area is 125 Å². The molecule has 0 aliphatic heterocycles. The van der Waals surface area contributed by atoms with Crippen LogP contribution in [-0.4, -0.2) is 4.92 Å². The maximum absolute atomic E-state index is 12.1. The van der Waals surface area contributed by atoms with Gasteiger partial charge in [-0.05, 0) is 29.8 Å². The quantitative estimate of drug-likeness (QED) is 0.542. The predicted molar refractivity (Wildman–Crippen MR) is 82.5 cm³/mol. The molecule has 0 atom stereocenters. The standard InChI is InChI=1S/C17H11NO4/c19-17-15(12-6-8-14(9-7-12)18(20)21)10-11-16(22-17)13-4-2-1-3-5-13/h1-11H. The van der Waals surface area contributed by atoms with Crippen LogP contribution in [0, 0.1) is 10.1 Å². The van der Waals surface area contributed by atoms with Crippen LogP contribution in [0.15, 0.2) is 75.9 Å². The summed E-state index contributed by atoms with van der Waals surface area (Å²) in [5, 5.41) is 10.6. The molecule has 1 aromatic heterocycles. The van der Waals surface area contributed by atoms with Gasteiger partial charge in [-0.2, -0.15) is 0 Å². The van der Waals surface area contributed by atoms with Gasteiger partial charge in [0.1, 0.15) is 5.76 Å². The van der Waals surface area contributed by atoms with Gasteiger partial charge in [0, 0.05) is 17.7 Å². The predicted octanol–water partition coefficient (Wildman–Crippen LogP) is 3.88. The van der Waals surface area contributed by atoms with Crippen molar-refractivity contribution >= 4 is 5.69 Å². The molecule has 0 N–H and O–H groups in total. The molecule has 5 nitrogen and oxygen atoms in total. The van der Waals surface area contributed by atoms with E-state index in [2.05, 4.69) is 0 Å². The van der Waals surface area contributed by atoms with E-state index in [0.717, 1.165) is 5.56 Å². The Morgan fingerprint density at radius 3 is 2.09 bits per heavy atom. The van der Waals surface area contributed by atoms with Crippen LogP contribution in [0.2, 0.25) is 0 Å². The monoisotopic (exact) mass is 293 g/mol. The van der Waals surface area contributed by atoms with E-state index in [-0.39, 0.29) is 5.69 Å². The number of rotatable bonds is 3. The summed E-state index contributed by atoms with van der Waals surface area (Å²) in [4.78, 5) is 22.3. The van der Waals surface area contributed by atoms with Crippen molar-refractivity contribution in [3.63, 3.8) is 0 Å². The second kappa shape index (κ2) is 5.65. The van der Waals surface area contributed by atoms with Crippen molar-refractivity contribution in [2.75, 3.05) is 0 Å². The summed E-state index contributed by atoms with van der Waals surface area (Å²) in [5.41, 5.74) is 1.27. The first-order valence-electron chi connectivity index (χ1n) is 6.59. The molecular weight excluding hydrogens is 282 g/mol. The second-order valence-corrected chi connectivity index (χ2v) is 4.67. The minimum absolute atomic E-state index is 0.0194. The molecule has 0 aliphatic rings. The minimum Gasteiger partial charge on any atom is -0.422 e. The minimum atomic E-state index is -0.481. The van der Waals surface area contributed by atoms with Gasteiger partial charge < -0.3 is 4.42 Å². The zero-order valence-electron chi connectivity index (χ0n) is 11.4. The number of hydrogen-bond acceptors (Lipinski definition) is 4. The summed E-state index contributed by atoms with van der Waals surface area (Å²) in [6.45, 7) is 0. The molecule has 3 rings (SSSR count). The van der Waals surface area contributed by atoms with Crippen molar-refractivity contribution in [2.45, 2.75) is 0 Å². The van der Waals surface area contributed by atoms with E-state index >= 15 is 0 Å². The van der Waals surface area contributed by atoms with Gasteiger partial charge in [-0.25, -0.2) is 4.79 Å². The summed E-state index contributed by atoms with van der Waals surface area (Å²) in [6.07, 6.45) is 0. The Morgan fingerprint density at radius 2 is 1.50 bits per heavy atom. The highest BCUT2D eigenvalue weighted by atomic mass is 16.6. The number of benzene rings is 2. The van der Waals surface area contributed by atoms with Crippen LogP contribution in [0.4, 0.5) is 5.69 Å². The molecule has 1 heterocycles. The molecule has 108 valence electrons. The topological polar surface area (TPSA) is 73.3 Å². The second-order valence-electron chi connectivity index (χ2n) is 4.67. The van der Waals surface area contributed by atoms with Crippen LogP contribution in [0.5, 0.6) is 0 Å². The normalized spacial score (nSPS) is 10.4. The van der Waals surface area contributed by atoms with E-state index in [4.69, 9.17) is 4.42 Å². The van der Waals surface area contributed by atoms with Crippen molar-refractivity contribution in [1.29, 1.82) is 0 Å². The van der Waals surface area contributed by atoms with E-state index in [9.17, 15) is 14.9 Å². The van der Waals surface area contributed by atoms with E-state index in [1.165, 1.54) is 24.3 Å². The third-order valence-corrected chi connectivity index (χ3v) is 3.27. The highest BCUT2D eigenvalue weighted by Gasteiger charge is 2.10. The van der Waals surface area contributed by atoms with Crippen LogP contribution in [0.25, 0.3) is 22.5 Å². The zero-order chi connectivity index (χ0) is 15.5.